The van der Waals surface area contributed by atoms with Crippen LogP contribution in [0.1, 0.15) is 29.7 Å². The standard InChI is InChI=1S/C24H23NO/c1-4-18-10-12-20(13-11-18)24(2)23(19-8-6-5-7-9-19)25(24)21-14-16-22(26-3)17-15-21/h4-17,23H,1H2,2-3H3/t23-,24-,25?/m1/s1. The molecule has 0 saturated carbocycles. The van der Waals surface area contributed by atoms with Crippen molar-refractivity contribution in [2.24, 2.45) is 0 Å². The normalized spacial score (nSPS) is 21.3. The summed E-state index contributed by atoms with van der Waals surface area (Å²) in [5, 5.41) is 0. The quantitative estimate of drug-likeness (QED) is 0.543. The number of methoxy groups -OCH3 is 1. The van der Waals surface area contributed by atoms with Crippen LogP contribution in [0.25, 0.3) is 6.08 Å². The summed E-state index contributed by atoms with van der Waals surface area (Å²) in [5.41, 5.74) is 4.92. The fourth-order valence-electron chi connectivity index (χ4n) is 3.91. The fraction of sp³-hybridized carbons (Fsp3) is 0.167. The van der Waals surface area contributed by atoms with Gasteiger partial charge in [-0.05, 0) is 47.9 Å². The van der Waals surface area contributed by atoms with Crippen molar-refractivity contribution < 1.29 is 4.74 Å². The molecule has 3 aromatic rings. The van der Waals surface area contributed by atoms with Gasteiger partial charge >= 0.3 is 0 Å². The molecule has 0 N–H and O–H groups in total. The Morgan fingerprint density at radius 2 is 1.58 bits per heavy atom. The third-order valence-corrected chi connectivity index (χ3v) is 5.42. The molecule has 3 aromatic carbocycles. The number of ether oxygens (including phenoxy) is 1. The van der Waals surface area contributed by atoms with Gasteiger partial charge in [-0.15, -0.1) is 0 Å². The Balaban J connectivity index is 1.77. The Morgan fingerprint density at radius 1 is 0.923 bits per heavy atom. The summed E-state index contributed by atoms with van der Waals surface area (Å²) in [6, 6.07) is 28.1. The van der Waals surface area contributed by atoms with E-state index < -0.39 is 0 Å². The average molecular weight is 341 g/mol. The maximum atomic E-state index is 5.32. The van der Waals surface area contributed by atoms with E-state index in [1.165, 1.54) is 16.8 Å². The van der Waals surface area contributed by atoms with Crippen LogP contribution in [0.3, 0.4) is 0 Å². The molecule has 0 bridgehead atoms. The molecule has 1 aliphatic rings. The van der Waals surface area contributed by atoms with Crippen molar-refractivity contribution in [1.29, 1.82) is 0 Å². The van der Waals surface area contributed by atoms with Gasteiger partial charge in [0.2, 0.25) is 0 Å². The first kappa shape index (κ1) is 16.5. The minimum absolute atomic E-state index is 0.0738. The lowest BCUT2D eigenvalue weighted by atomic mass is 9.92. The molecular weight excluding hydrogens is 318 g/mol. The van der Waals surface area contributed by atoms with E-state index >= 15 is 0 Å². The van der Waals surface area contributed by atoms with Crippen molar-refractivity contribution in [2.45, 2.75) is 18.5 Å². The molecule has 0 spiro atoms. The molecule has 2 nitrogen and oxygen atoms in total. The Labute approximate surface area is 155 Å². The van der Waals surface area contributed by atoms with Crippen molar-refractivity contribution in [1.82, 2.24) is 0 Å². The molecule has 0 radical (unpaired) electrons. The van der Waals surface area contributed by atoms with Crippen LogP contribution in [0, 0.1) is 0 Å². The Kier molecular flexibility index (Phi) is 4.04. The van der Waals surface area contributed by atoms with Gasteiger partial charge in [-0.25, -0.2) is 0 Å². The molecular formula is C24H23NO. The molecule has 130 valence electrons. The van der Waals surface area contributed by atoms with Crippen molar-refractivity contribution in [3.63, 3.8) is 0 Å². The van der Waals surface area contributed by atoms with Crippen LogP contribution in [-0.4, -0.2) is 7.11 Å². The lowest BCUT2D eigenvalue weighted by molar-refractivity contribution is 0.415. The molecule has 1 aliphatic heterocycles. The number of hydrogen-bond donors (Lipinski definition) is 0. The Morgan fingerprint density at radius 3 is 2.15 bits per heavy atom. The van der Waals surface area contributed by atoms with Crippen LogP contribution in [0.2, 0.25) is 0 Å². The van der Waals surface area contributed by atoms with Crippen molar-refractivity contribution in [3.05, 3.63) is 102 Å². The van der Waals surface area contributed by atoms with Gasteiger partial charge in [0.25, 0.3) is 0 Å². The minimum Gasteiger partial charge on any atom is -0.497 e. The summed E-state index contributed by atoms with van der Waals surface area (Å²) >= 11 is 0. The van der Waals surface area contributed by atoms with Crippen molar-refractivity contribution in [2.75, 3.05) is 12.0 Å². The number of rotatable bonds is 5. The average Bonchev–Trinajstić information content (AvgIpc) is 3.35. The lowest BCUT2D eigenvalue weighted by Crippen LogP contribution is -2.11. The molecule has 1 heterocycles. The van der Waals surface area contributed by atoms with Crippen molar-refractivity contribution >= 4 is 11.8 Å². The third-order valence-electron chi connectivity index (χ3n) is 5.42. The topological polar surface area (TPSA) is 12.2 Å². The predicted octanol–water partition coefficient (Wildman–Crippen LogP) is 5.81. The molecule has 0 aromatic heterocycles. The van der Waals surface area contributed by atoms with Gasteiger partial charge in [0.15, 0.2) is 0 Å². The van der Waals surface area contributed by atoms with Crippen LogP contribution in [0.15, 0.2) is 85.4 Å². The highest BCUT2D eigenvalue weighted by atomic mass is 16.5. The smallest absolute Gasteiger partial charge is 0.119 e. The second-order valence-corrected chi connectivity index (χ2v) is 6.85. The maximum Gasteiger partial charge on any atom is 0.119 e. The molecule has 4 rings (SSSR count). The second kappa shape index (κ2) is 6.38. The zero-order valence-electron chi connectivity index (χ0n) is 15.2. The molecule has 2 atom stereocenters. The predicted molar refractivity (Wildman–Crippen MR) is 109 cm³/mol. The summed E-state index contributed by atoms with van der Waals surface area (Å²) in [5.74, 6) is 0.879. The highest BCUT2D eigenvalue weighted by Crippen LogP contribution is 2.61. The van der Waals surface area contributed by atoms with E-state index in [4.69, 9.17) is 4.74 Å². The van der Waals surface area contributed by atoms with Gasteiger partial charge in [-0.3, -0.25) is 0 Å². The van der Waals surface area contributed by atoms with E-state index in [2.05, 4.69) is 85.1 Å². The summed E-state index contributed by atoms with van der Waals surface area (Å²) in [6.45, 7) is 6.17. The van der Waals surface area contributed by atoms with Gasteiger partial charge in [-0.1, -0.05) is 67.3 Å². The van der Waals surface area contributed by atoms with E-state index in [1.807, 2.05) is 18.2 Å². The highest BCUT2D eigenvalue weighted by Gasteiger charge is 2.60. The molecule has 1 fully saturated rings. The summed E-state index contributed by atoms with van der Waals surface area (Å²) in [6.07, 6.45) is 1.88. The zero-order chi connectivity index (χ0) is 18.1. The largest absolute Gasteiger partial charge is 0.497 e. The lowest BCUT2D eigenvalue weighted by Gasteiger charge is -2.14. The monoisotopic (exact) mass is 341 g/mol. The fourth-order valence-corrected chi connectivity index (χ4v) is 3.91. The molecule has 0 aliphatic carbocycles. The first-order valence-electron chi connectivity index (χ1n) is 8.90. The van der Waals surface area contributed by atoms with Crippen LogP contribution >= 0.6 is 0 Å². The van der Waals surface area contributed by atoms with E-state index in [0.717, 1.165) is 11.3 Å². The summed E-state index contributed by atoms with van der Waals surface area (Å²) < 4.78 is 5.32. The van der Waals surface area contributed by atoms with E-state index in [9.17, 15) is 0 Å². The molecule has 2 heteroatoms. The van der Waals surface area contributed by atoms with Gasteiger partial charge in [0.05, 0.1) is 18.7 Å². The molecule has 26 heavy (non-hydrogen) atoms. The van der Waals surface area contributed by atoms with Gasteiger partial charge in [0, 0.05) is 5.69 Å². The first-order chi connectivity index (χ1) is 12.7. The molecule has 0 unspecified atom stereocenters. The van der Waals surface area contributed by atoms with Crippen LogP contribution in [0.4, 0.5) is 5.69 Å². The molecule has 0 amide bonds. The Hall–Kier alpha value is -3.00. The van der Waals surface area contributed by atoms with Gasteiger partial charge < -0.3 is 9.64 Å². The number of nitrogens with zero attached hydrogens (tertiary/aromatic N) is 1. The second-order valence-electron chi connectivity index (χ2n) is 6.85. The van der Waals surface area contributed by atoms with E-state index in [-0.39, 0.29) is 5.54 Å². The summed E-state index contributed by atoms with van der Waals surface area (Å²) in [7, 11) is 1.70. The van der Waals surface area contributed by atoms with Crippen LogP contribution in [0.5, 0.6) is 5.75 Å². The minimum atomic E-state index is -0.0738. The third kappa shape index (κ3) is 2.59. The van der Waals surface area contributed by atoms with Gasteiger partial charge in [0.1, 0.15) is 5.75 Å². The first-order valence-corrected chi connectivity index (χ1v) is 8.90. The zero-order valence-corrected chi connectivity index (χ0v) is 15.2. The number of hydrogen-bond acceptors (Lipinski definition) is 2. The number of benzene rings is 3. The van der Waals surface area contributed by atoms with E-state index in [0.29, 0.717) is 6.04 Å². The van der Waals surface area contributed by atoms with Crippen LogP contribution < -0.4 is 9.64 Å². The van der Waals surface area contributed by atoms with Crippen LogP contribution in [-0.2, 0) is 5.54 Å². The highest BCUT2D eigenvalue weighted by molar-refractivity contribution is 5.66. The summed E-state index contributed by atoms with van der Waals surface area (Å²) in [4.78, 5) is 2.48. The maximum absolute atomic E-state index is 5.32. The Bertz CT molecular complexity index is 899. The van der Waals surface area contributed by atoms with E-state index in [1.54, 1.807) is 7.11 Å². The SMILES string of the molecule is C=Cc1ccc([C@]2(C)[C@@H](c3ccccc3)N2c2ccc(OC)cc2)cc1. The number of anilines is 1. The van der Waals surface area contributed by atoms with Crippen molar-refractivity contribution in [3.8, 4) is 5.75 Å². The van der Waals surface area contributed by atoms with Gasteiger partial charge in [-0.2, -0.15) is 0 Å². The molecule has 1 saturated heterocycles.